The number of carboxylic acid groups (broad SMARTS) is 1. The summed E-state index contributed by atoms with van der Waals surface area (Å²) in [6, 6.07) is 13.9. The van der Waals surface area contributed by atoms with Crippen molar-refractivity contribution < 1.29 is 14.3 Å². The average Bonchev–Trinajstić information content (AvgIpc) is 3.37. The zero-order chi connectivity index (χ0) is 25.4. The van der Waals surface area contributed by atoms with Crippen molar-refractivity contribution in [2.75, 3.05) is 5.32 Å². The predicted molar refractivity (Wildman–Crippen MR) is 138 cm³/mol. The number of para-hydroxylation sites is 1. The topological polar surface area (TPSA) is 110 Å². The lowest BCUT2D eigenvalue weighted by Crippen LogP contribution is -2.14. The van der Waals surface area contributed by atoms with Crippen molar-refractivity contribution in [3.05, 3.63) is 106 Å². The van der Waals surface area contributed by atoms with E-state index in [1.165, 1.54) is 0 Å². The summed E-state index contributed by atoms with van der Waals surface area (Å²) >= 11 is 0. The molecule has 0 bridgehead atoms. The highest BCUT2D eigenvalue weighted by Crippen LogP contribution is 2.32. The molecule has 3 aromatic heterocycles. The first-order valence-electron chi connectivity index (χ1n) is 11.5. The van der Waals surface area contributed by atoms with E-state index in [1.807, 2.05) is 38.1 Å². The van der Waals surface area contributed by atoms with Gasteiger partial charge in [-0.15, -0.1) is 0 Å². The van der Waals surface area contributed by atoms with Gasteiger partial charge < -0.3 is 14.8 Å². The van der Waals surface area contributed by atoms with Gasteiger partial charge in [0.25, 0.3) is 0 Å². The minimum absolute atomic E-state index is 0.122. The number of aromatic carboxylic acids is 1. The molecule has 8 heteroatoms. The van der Waals surface area contributed by atoms with E-state index in [9.17, 15) is 14.7 Å². The molecule has 180 valence electrons. The first kappa shape index (κ1) is 23.0. The lowest BCUT2D eigenvalue weighted by atomic mass is 9.99. The molecule has 2 N–H and O–H groups in total. The van der Waals surface area contributed by atoms with Gasteiger partial charge in [-0.3, -0.25) is 9.78 Å². The summed E-state index contributed by atoms with van der Waals surface area (Å²) in [5, 5.41) is 17.7. The molecule has 0 amide bonds. The molecule has 0 spiro atoms. The van der Waals surface area contributed by atoms with Crippen LogP contribution in [-0.2, 0) is 0 Å². The molecular formula is C28H24N4O4. The van der Waals surface area contributed by atoms with Gasteiger partial charge in [-0.05, 0) is 56.7 Å². The number of benzene rings is 2. The fourth-order valence-electron chi connectivity index (χ4n) is 4.34. The summed E-state index contributed by atoms with van der Waals surface area (Å²) in [7, 11) is 0. The van der Waals surface area contributed by atoms with Gasteiger partial charge in [0, 0.05) is 29.2 Å². The molecule has 0 aliphatic carbocycles. The molecule has 0 unspecified atom stereocenters. The van der Waals surface area contributed by atoms with E-state index in [1.54, 1.807) is 60.7 Å². The van der Waals surface area contributed by atoms with Crippen molar-refractivity contribution in [3.8, 4) is 17.0 Å². The number of carbonyl (C=O) groups is 1. The Balaban J connectivity index is 1.63. The number of hydrogen-bond acceptors (Lipinski definition) is 6. The lowest BCUT2D eigenvalue weighted by molar-refractivity contribution is 0.0698. The van der Waals surface area contributed by atoms with E-state index in [2.05, 4.69) is 15.4 Å². The Kier molecular flexibility index (Phi) is 5.85. The Morgan fingerprint density at radius 1 is 1.11 bits per heavy atom. The molecule has 0 radical (unpaired) electrons. The Morgan fingerprint density at radius 2 is 1.92 bits per heavy atom. The number of carboxylic acids is 1. The number of fused-ring (bicyclic) bond motifs is 1. The van der Waals surface area contributed by atoms with Crippen LogP contribution in [0.3, 0.4) is 0 Å². The Hall–Kier alpha value is -4.72. The highest BCUT2D eigenvalue weighted by molar-refractivity contribution is 5.94. The molecule has 0 saturated heterocycles. The summed E-state index contributed by atoms with van der Waals surface area (Å²) in [6.07, 6.45) is 6.84. The second kappa shape index (κ2) is 9.14. The smallest absolute Gasteiger partial charge is 0.337 e. The number of nitrogens with one attached hydrogen (secondary N) is 1. The van der Waals surface area contributed by atoms with E-state index in [4.69, 9.17) is 4.42 Å². The van der Waals surface area contributed by atoms with E-state index < -0.39 is 5.97 Å². The van der Waals surface area contributed by atoms with E-state index in [0.717, 1.165) is 16.8 Å². The molecular weight excluding hydrogens is 456 g/mol. The third-order valence-corrected chi connectivity index (χ3v) is 6.14. The minimum Gasteiger partial charge on any atom is -0.478 e. The maximum absolute atomic E-state index is 13.4. The lowest BCUT2D eigenvalue weighted by Gasteiger charge is -2.19. The van der Waals surface area contributed by atoms with Crippen LogP contribution in [0.2, 0.25) is 0 Å². The number of anilines is 1. The molecule has 0 aliphatic heterocycles. The zero-order valence-corrected chi connectivity index (χ0v) is 20.0. The van der Waals surface area contributed by atoms with Crippen LogP contribution in [0.25, 0.3) is 28.0 Å². The third kappa shape index (κ3) is 4.13. The molecule has 0 aliphatic rings. The van der Waals surface area contributed by atoms with E-state index in [0.29, 0.717) is 33.5 Å². The summed E-state index contributed by atoms with van der Waals surface area (Å²) in [5.74, 6) is -0.583. The SMILES string of the molecule is Cc1cc([C@@H](C)Nc2ccccc2C(=O)O)c2oc(-c3cnn(-c4cccnc4)c3)c(C)c(=O)c2c1. The van der Waals surface area contributed by atoms with Gasteiger partial charge in [-0.25, -0.2) is 9.48 Å². The molecule has 1 atom stereocenters. The van der Waals surface area contributed by atoms with Gasteiger partial charge >= 0.3 is 5.97 Å². The van der Waals surface area contributed by atoms with Crippen LogP contribution in [0.4, 0.5) is 5.69 Å². The van der Waals surface area contributed by atoms with E-state index >= 15 is 0 Å². The highest BCUT2D eigenvalue weighted by atomic mass is 16.4. The predicted octanol–water partition coefficient (Wildman–Crippen LogP) is 5.53. The van der Waals surface area contributed by atoms with Crippen LogP contribution in [0.15, 0.2) is 82.5 Å². The maximum Gasteiger partial charge on any atom is 0.337 e. The molecule has 36 heavy (non-hydrogen) atoms. The van der Waals surface area contributed by atoms with Crippen molar-refractivity contribution in [1.82, 2.24) is 14.8 Å². The second-order valence-corrected chi connectivity index (χ2v) is 8.72. The van der Waals surface area contributed by atoms with Crippen LogP contribution in [0.1, 0.15) is 40.0 Å². The van der Waals surface area contributed by atoms with Crippen LogP contribution in [-0.4, -0.2) is 25.8 Å². The van der Waals surface area contributed by atoms with Crippen molar-refractivity contribution in [1.29, 1.82) is 0 Å². The second-order valence-electron chi connectivity index (χ2n) is 8.72. The van der Waals surface area contributed by atoms with Gasteiger partial charge in [0.2, 0.25) is 0 Å². The monoisotopic (exact) mass is 480 g/mol. The van der Waals surface area contributed by atoms with Crippen LogP contribution in [0, 0.1) is 13.8 Å². The van der Waals surface area contributed by atoms with Gasteiger partial charge in [-0.1, -0.05) is 18.2 Å². The minimum atomic E-state index is -1.02. The van der Waals surface area contributed by atoms with Crippen molar-refractivity contribution in [2.45, 2.75) is 26.8 Å². The first-order chi connectivity index (χ1) is 17.3. The van der Waals surface area contributed by atoms with Gasteiger partial charge in [0.1, 0.15) is 11.3 Å². The third-order valence-electron chi connectivity index (χ3n) is 6.14. The van der Waals surface area contributed by atoms with Gasteiger partial charge in [0.05, 0.1) is 40.6 Å². The van der Waals surface area contributed by atoms with Crippen molar-refractivity contribution in [2.24, 2.45) is 0 Å². The molecule has 5 aromatic rings. The Labute approximate surface area is 206 Å². The maximum atomic E-state index is 13.4. The fraction of sp³-hybridized carbons (Fsp3) is 0.143. The highest BCUT2D eigenvalue weighted by Gasteiger charge is 2.21. The average molecular weight is 481 g/mol. The quantitative estimate of drug-likeness (QED) is 0.329. The normalized spacial score (nSPS) is 12.0. The molecule has 2 aromatic carbocycles. The Morgan fingerprint density at radius 3 is 2.67 bits per heavy atom. The number of rotatable bonds is 6. The molecule has 5 rings (SSSR count). The number of hydrogen-bond donors (Lipinski definition) is 2. The Bertz CT molecular complexity index is 1650. The molecule has 8 nitrogen and oxygen atoms in total. The number of aryl methyl sites for hydroxylation is 1. The van der Waals surface area contributed by atoms with Crippen molar-refractivity contribution in [3.63, 3.8) is 0 Å². The number of nitrogens with zero attached hydrogens (tertiary/aromatic N) is 3. The van der Waals surface area contributed by atoms with Crippen LogP contribution in [0.5, 0.6) is 0 Å². The first-order valence-corrected chi connectivity index (χ1v) is 11.5. The van der Waals surface area contributed by atoms with Crippen LogP contribution >= 0.6 is 0 Å². The van der Waals surface area contributed by atoms with Crippen molar-refractivity contribution >= 4 is 22.6 Å². The molecule has 0 fully saturated rings. The largest absolute Gasteiger partial charge is 0.478 e. The number of aromatic nitrogens is 3. The molecule has 0 saturated carbocycles. The summed E-state index contributed by atoms with van der Waals surface area (Å²) < 4.78 is 8.08. The summed E-state index contributed by atoms with van der Waals surface area (Å²) in [4.78, 5) is 29.2. The fourth-order valence-corrected chi connectivity index (χ4v) is 4.34. The molecule has 3 heterocycles. The van der Waals surface area contributed by atoms with Gasteiger partial charge in [0.15, 0.2) is 5.43 Å². The van der Waals surface area contributed by atoms with Gasteiger partial charge in [-0.2, -0.15) is 5.10 Å². The summed E-state index contributed by atoms with van der Waals surface area (Å²) in [5.41, 5.74) is 4.58. The van der Waals surface area contributed by atoms with Crippen LogP contribution < -0.4 is 10.7 Å². The number of pyridine rings is 1. The van der Waals surface area contributed by atoms with E-state index in [-0.39, 0.29) is 17.0 Å². The standard InChI is InChI=1S/C28H24N4O4/c1-16-11-22(18(3)31-24-9-5-4-8-21(24)28(34)35)27-23(12-16)25(33)17(2)26(36-27)19-13-30-32(15-19)20-7-6-10-29-14-20/h4-15,18,31H,1-3H3,(H,34,35)/t18-/m1/s1. The summed E-state index contributed by atoms with van der Waals surface area (Å²) in [6.45, 7) is 5.57. The zero-order valence-electron chi connectivity index (χ0n) is 20.0.